The highest BCUT2D eigenvalue weighted by atomic mass is 32.2. The quantitative estimate of drug-likeness (QED) is 0.542. The zero-order chi connectivity index (χ0) is 28.2. The molecule has 1 aromatic carbocycles. The Balaban J connectivity index is 1.67. The van der Waals surface area contributed by atoms with Crippen LogP contribution in [-0.4, -0.2) is 76.0 Å². The van der Waals surface area contributed by atoms with Gasteiger partial charge in [0.1, 0.15) is 17.7 Å². The molecule has 4 amide bonds. The van der Waals surface area contributed by atoms with E-state index in [1.54, 1.807) is 32.6 Å². The predicted molar refractivity (Wildman–Crippen MR) is 148 cm³/mol. The fraction of sp³-hybridized carbons (Fsp3) is 0.643. The van der Waals surface area contributed by atoms with Crippen molar-refractivity contribution >= 4 is 35.6 Å². The van der Waals surface area contributed by atoms with Crippen molar-refractivity contribution in [3.05, 3.63) is 35.4 Å². The van der Waals surface area contributed by atoms with E-state index in [0.29, 0.717) is 12.3 Å². The second kappa shape index (κ2) is 12.4. The summed E-state index contributed by atoms with van der Waals surface area (Å²) >= 11 is 1.44. The molecule has 1 unspecified atom stereocenters. The number of fused-ring (bicyclic) bond motifs is 1. The molecule has 1 aromatic rings. The number of hydrogen-bond acceptors (Lipinski definition) is 6. The average Bonchev–Trinajstić information content (AvgIpc) is 3.35. The highest BCUT2D eigenvalue weighted by molar-refractivity contribution is 8.00. The summed E-state index contributed by atoms with van der Waals surface area (Å²) in [7, 11) is 1.49. The lowest BCUT2D eigenvalue weighted by Gasteiger charge is -2.33. The lowest BCUT2D eigenvalue weighted by atomic mass is 9.88. The van der Waals surface area contributed by atoms with Crippen LogP contribution in [0.4, 0.5) is 4.79 Å². The molecule has 1 aliphatic carbocycles. The molecule has 3 rings (SSSR count). The number of hydrogen-bond donors (Lipinski definition) is 2. The number of ether oxygens (including phenoxy) is 1. The molecular formula is C28H42N4O5S. The highest BCUT2D eigenvalue weighted by Crippen LogP contribution is 2.31. The van der Waals surface area contributed by atoms with E-state index in [0.717, 1.165) is 24.8 Å². The Bertz CT molecular complexity index is 1040. The zero-order valence-electron chi connectivity index (χ0n) is 23.6. The van der Waals surface area contributed by atoms with E-state index in [-0.39, 0.29) is 23.8 Å². The van der Waals surface area contributed by atoms with Crippen molar-refractivity contribution in [2.45, 2.75) is 89.9 Å². The Morgan fingerprint density at radius 2 is 1.82 bits per heavy atom. The molecule has 9 nitrogen and oxygen atoms in total. The molecular weight excluding hydrogens is 504 g/mol. The average molecular weight is 547 g/mol. The molecule has 1 saturated heterocycles. The van der Waals surface area contributed by atoms with Gasteiger partial charge in [-0.2, -0.15) is 0 Å². The van der Waals surface area contributed by atoms with E-state index in [2.05, 4.69) is 22.8 Å². The molecule has 1 fully saturated rings. The first kappa shape index (κ1) is 29.8. The number of amides is 4. The minimum Gasteiger partial charge on any atom is -0.444 e. The van der Waals surface area contributed by atoms with Gasteiger partial charge in [0, 0.05) is 19.3 Å². The van der Waals surface area contributed by atoms with Gasteiger partial charge in [-0.05, 0) is 64.0 Å². The first-order valence-corrected chi connectivity index (χ1v) is 14.4. The van der Waals surface area contributed by atoms with Gasteiger partial charge in [0.05, 0.1) is 6.04 Å². The molecule has 1 heterocycles. The molecule has 2 N–H and O–H groups in total. The Morgan fingerprint density at radius 3 is 2.47 bits per heavy atom. The van der Waals surface area contributed by atoms with Gasteiger partial charge in [0.15, 0.2) is 5.37 Å². The van der Waals surface area contributed by atoms with Crippen LogP contribution in [0.2, 0.25) is 0 Å². The molecule has 1 aliphatic heterocycles. The van der Waals surface area contributed by atoms with Crippen LogP contribution >= 0.6 is 11.8 Å². The zero-order valence-corrected chi connectivity index (χ0v) is 24.4. The number of nitrogens with zero attached hydrogens (tertiary/aromatic N) is 2. The standard InChI is InChI=1S/C28H42N4O5S/c1-17(2)22(30-23(33)18(3)31(7)27(36)37-28(4,5)6)25(35)32-15-16-38-26(32)24(34)29-21-14-10-12-19-11-8-9-13-20(19)21/h8-9,11,13,17-18,21-22,26H,10,12,14-16H2,1-7H3,(H,29,34)(H,30,33)/t18-,21+,22-,26?/m0/s1. The summed E-state index contributed by atoms with van der Waals surface area (Å²) in [5.41, 5.74) is 1.70. The van der Waals surface area contributed by atoms with E-state index >= 15 is 0 Å². The van der Waals surface area contributed by atoms with Gasteiger partial charge in [-0.25, -0.2) is 4.79 Å². The van der Waals surface area contributed by atoms with Gasteiger partial charge in [0.2, 0.25) is 11.8 Å². The molecule has 0 saturated carbocycles. The Kier molecular flexibility index (Phi) is 9.73. The minimum absolute atomic E-state index is 0.0737. The van der Waals surface area contributed by atoms with Gasteiger partial charge in [-0.1, -0.05) is 38.1 Å². The third-order valence-electron chi connectivity index (χ3n) is 6.96. The van der Waals surface area contributed by atoms with E-state index in [1.165, 1.54) is 29.3 Å². The summed E-state index contributed by atoms with van der Waals surface area (Å²) in [6, 6.07) is 6.41. The number of rotatable bonds is 7. The van der Waals surface area contributed by atoms with Gasteiger partial charge in [-0.3, -0.25) is 19.3 Å². The molecule has 4 atom stereocenters. The number of carbonyl (C=O) groups is 4. The van der Waals surface area contributed by atoms with E-state index in [4.69, 9.17) is 4.74 Å². The Labute approximate surface area is 230 Å². The Morgan fingerprint density at radius 1 is 1.13 bits per heavy atom. The van der Waals surface area contributed by atoms with E-state index in [1.807, 2.05) is 26.0 Å². The third kappa shape index (κ3) is 7.21. The number of nitrogens with one attached hydrogen (secondary N) is 2. The maximum absolute atomic E-state index is 13.7. The van der Waals surface area contributed by atoms with Crippen molar-refractivity contribution in [3.8, 4) is 0 Å². The fourth-order valence-electron chi connectivity index (χ4n) is 4.69. The van der Waals surface area contributed by atoms with Gasteiger partial charge >= 0.3 is 6.09 Å². The van der Waals surface area contributed by atoms with Crippen LogP contribution in [0.25, 0.3) is 0 Å². The van der Waals surface area contributed by atoms with Crippen molar-refractivity contribution in [1.82, 2.24) is 20.4 Å². The van der Waals surface area contributed by atoms with Crippen molar-refractivity contribution in [1.29, 1.82) is 0 Å². The molecule has 2 aliphatic rings. The van der Waals surface area contributed by atoms with Crippen molar-refractivity contribution in [3.63, 3.8) is 0 Å². The van der Waals surface area contributed by atoms with E-state index < -0.39 is 35.1 Å². The van der Waals surface area contributed by atoms with Crippen LogP contribution in [-0.2, 0) is 25.5 Å². The molecule has 210 valence electrons. The maximum atomic E-state index is 13.7. The van der Waals surface area contributed by atoms with Crippen LogP contribution in [0.5, 0.6) is 0 Å². The first-order valence-electron chi connectivity index (χ1n) is 13.4. The number of likely N-dealkylation sites (N-methyl/N-ethyl adjacent to an activating group) is 1. The van der Waals surface area contributed by atoms with Crippen LogP contribution < -0.4 is 10.6 Å². The smallest absolute Gasteiger partial charge is 0.410 e. The van der Waals surface area contributed by atoms with Crippen LogP contribution in [0.15, 0.2) is 24.3 Å². The molecule has 0 aromatic heterocycles. The largest absolute Gasteiger partial charge is 0.444 e. The van der Waals surface area contributed by atoms with Crippen molar-refractivity contribution in [2.75, 3.05) is 19.3 Å². The number of carbonyl (C=O) groups excluding carboxylic acids is 4. The maximum Gasteiger partial charge on any atom is 0.410 e. The van der Waals surface area contributed by atoms with Crippen molar-refractivity contribution < 1.29 is 23.9 Å². The second-order valence-corrected chi connectivity index (χ2v) is 12.6. The fourth-order valence-corrected chi connectivity index (χ4v) is 5.83. The topological polar surface area (TPSA) is 108 Å². The minimum atomic E-state index is -0.850. The highest BCUT2D eigenvalue weighted by Gasteiger charge is 2.41. The number of benzene rings is 1. The molecule has 0 radical (unpaired) electrons. The van der Waals surface area contributed by atoms with Crippen LogP contribution in [0.3, 0.4) is 0 Å². The normalized spacial score (nSPS) is 20.8. The molecule has 0 spiro atoms. The van der Waals surface area contributed by atoms with Crippen LogP contribution in [0, 0.1) is 5.92 Å². The summed E-state index contributed by atoms with van der Waals surface area (Å²) in [6.45, 7) is 11.0. The number of thioether (sulfide) groups is 1. The van der Waals surface area contributed by atoms with E-state index in [9.17, 15) is 19.2 Å². The first-order chi connectivity index (χ1) is 17.8. The van der Waals surface area contributed by atoms with Gasteiger partial charge in [-0.15, -0.1) is 11.8 Å². The van der Waals surface area contributed by atoms with Crippen molar-refractivity contribution in [2.24, 2.45) is 5.92 Å². The molecule has 38 heavy (non-hydrogen) atoms. The van der Waals surface area contributed by atoms with Gasteiger partial charge < -0.3 is 20.3 Å². The van der Waals surface area contributed by atoms with Gasteiger partial charge in [0.25, 0.3) is 5.91 Å². The molecule has 10 heteroatoms. The monoisotopic (exact) mass is 546 g/mol. The summed E-state index contributed by atoms with van der Waals surface area (Å²) in [6.07, 6.45) is 2.24. The predicted octanol–water partition coefficient (Wildman–Crippen LogP) is 3.48. The van der Waals surface area contributed by atoms with Crippen LogP contribution in [0.1, 0.15) is 71.6 Å². The SMILES string of the molecule is CC(C)[C@H](NC(=O)[C@H](C)N(C)C(=O)OC(C)(C)C)C(=O)N1CCSC1C(=O)N[C@@H]1CCCc2ccccc21. The lowest BCUT2D eigenvalue weighted by Crippen LogP contribution is -2.57. The lowest BCUT2D eigenvalue weighted by molar-refractivity contribution is -0.141. The molecule has 0 bridgehead atoms. The summed E-state index contributed by atoms with van der Waals surface area (Å²) < 4.78 is 5.36. The summed E-state index contributed by atoms with van der Waals surface area (Å²) in [5, 5.41) is 5.34. The third-order valence-corrected chi connectivity index (χ3v) is 8.16. The number of aryl methyl sites for hydroxylation is 1. The summed E-state index contributed by atoms with van der Waals surface area (Å²) in [4.78, 5) is 55.3. The summed E-state index contributed by atoms with van der Waals surface area (Å²) in [5.74, 6) is -0.520. The Hall–Kier alpha value is -2.75. The second-order valence-electron chi connectivity index (χ2n) is 11.4.